The Morgan fingerprint density at radius 3 is 1.80 bits per heavy atom. The molecule has 0 rings (SSSR count). The van der Waals surface area contributed by atoms with Crippen LogP contribution in [-0.4, -0.2) is 38.3 Å². The summed E-state index contributed by atoms with van der Waals surface area (Å²) in [5, 5.41) is 33.1. The second kappa shape index (κ2) is 4.18. The van der Waals surface area contributed by atoms with Crippen LogP contribution in [0.2, 0.25) is 0 Å². The molecule has 0 bridgehead atoms. The van der Waals surface area contributed by atoms with E-state index in [-0.39, 0.29) is 26.2 Å². The van der Waals surface area contributed by atoms with Gasteiger partial charge in [-0.05, 0) is 6.92 Å². The molecule has 1 atom stereocenters. The van der Waals surface area contributed by atoms with Crippen LogP contribution in [0.4, 0.5) is 0 Å². The van der Waals surface area contributed by atoms with Crippen LogP contribution >= 0.6 is 0 Å². The molecule has 5 nitrogen and oxygen atoms in total. The fourth-order valence-corrected chi connectivity index (χ4v) is 0.179. The standard InChI is InChI=1S/C4H8O5.Zr/c1-2(5)4(8,9)3(6)7;/h2,5,8-9H,1H3,(H,6,7);. The van der Waals surface area contributed by atoms with Gasteiger partial charge in [-0.25, -0.2) is 4.79 Å². The maximum atomic E-state index is 9.80. The van der Waals surface area contributed by atoms with Crippen molar-refractivity contribution in [2.75, 3.05) is 0 Å². The molecular formula is C4H8O5Zr. The third-order valence-corrected chi connectivity index (χ3v) is 0.897. The van der Waals surface area contributed by atoms with Gasteiger partial charge in [0, 0.05) is 26.2 Å². The Balaban J connectivity index is 0. The number of rotatable bonds is 2. The predicted octanol–water partition coefficient (Wildman–Crippen LogP) is -1.87. The average Bonchev–Trinajstić information content (AvgIpc) is 1.65. The Hall–Kier alpha value is 0.233. The zero-order valence-corrected chi connectivity index (χ0v) is 7.73. The molecular weight excluding hydrogens is 219 g/mol. The zero-order valence-electron chi connectivity index (χ0n) is 5.27. The first-order valence-corrected chi connectivity index (χ1v) is 2.25. The molecule has 0 saturated carbocycles. The van der Waals surface area contributed by atoms with Crippen LogP contribution in [0.5, 0.6) is 0 Å². The number of hydrogen-bond donors (Lipinski definition) is 4. The van der Waals surface area contributed by atoms with Gasteiger partial charge in [-0.1, -0.05) is 0 Å². The van der Waals surface area contributed by atoms with Gasteiger partial charge in [0.25, 0.3) is 5.79 Å². The first-order valence-electron chi connectivity index (χ1n) is 2.25. The molecule has 0 radical (unpaired) electrons. The van der Waals surface area contributed by atoms with E-state index in [0.29, 0.717) is 0 Å². The summed E-state index contributed by atoms with van der Waals surface area (Å²) in [6, 6.07) is 0. The molecule has 0 saturated heterocycles. The Bertz CT molecular complexity index is 121. The second-order valence-electron chi connectivity index (χ2n) is 1.71. The fourth-order valence-electron chi connectivity index (χ4n) is 0.179. The number of carboxylic acid groups (broad SMARTS) is 1. The largest absolute Gasteiger partial charge is 0.477 e. The molecule has 1 unspecified atom stereocenters. The minimum absolute atomic E-state index is 0. The first-order chi connectivity index (χ1) is 3.89. The molecule has 0 aromatic rings. The van der Waals surface area contributed by atoms with Gasteiger partial charge in [0.2, 0.25) is 0 Å². The molecule has 0 aliphatic heterocycles. The van der Waals surface area contributed by atoms with E-state index in [4.69, 9.17) is 20.4 Å². The summed E-state index contributed by atoms with van der Waals surface area (Å²) < 4.78 is 0. The van der Waals surface area contributed by atoms with Crippen molar-refractivity contribution in [1.29, 1.82) is 0 Å². The van der Waals surface area contributed by atoms with Gasteiger partial charge in [0.05, 0.1) is 0 Å². The van der Waals surface area contributed by atoms with Crippen LogP contribution in [0.25, 0.3) is 0 Å². The van der Waals surface area contributed by atoms with Crippen molar-refractivity contribution < 1.29 is 51.4 Å². The van der Waals surface area contributed by atoms with E-state index in [0.717, 1.165) is 6.92 Å². The van der Waals surface area contributed by atoms with Crippen LogP contribution in [0.1, 0.15) is 6.92 Å². The third-order valence-electron chi connectivity index (χ3n) is 0.897. The maximum absolute atomic E-state index is 9.80. The molecule has 0 heterocycles. The Morgan fingerprint density at radius 1 is 1.50 bits per heavy atom. The topological polar surface area (TPSA) is 98.0 Å². The molecule has 0 fully saturated rings. The minimum Gasteiger partial charge on any atom is -0.477 e. The number of carbonyl (C=O) groups is 1. The summed E-state index contributed by atoms with van der Waals surface area (Å²) in [6.07, 6.45) is -1.70. The van der Waals surface area contributed by atoms with Gasteiger partial charge >= 0.3 is 5.97 Å². The van der Waals surface area contributed by atoms with Gasteiger partial charge in [-0.15, -0.1) is 0 Å². The van der Waals surface area contributed by atoms with Gasteiger partial charge < -0.3 is 20.4 Å². The van der Waals surface area contributed by atoms with E-state index >= 15 is 0 Å². The predicted molar refractivity (Wildman–Crippen MR) is 26.5 cm³/mol. The van der Waals surface area contributed by atoms with Crippen molar-refractivity contribution in [1.82, 2.24) is 0 Å². The normalized spacial score (nSPS) is 13.6. The number of hydrogen-bond acceptors (Lipinski definition) is 4. The quantitative estimate of drug-likeness (QED) is 0.414. The van der Waals surface area contributed by atoms with Gasteiger partial charge in [-0.3, -0.25) is 0 Å². The Morgan fingerprint density at radius 2 is 1.80 bits per heavy atom. The molecule has 0 amide bonds. The summed E-state index contributed by atoms with van der Waals surface area (Å²) in [5.74, 6) is -4.89. The van der Waals surface area contributed by atoms with Crippen LogP contribution in [0.15, 0.2) is 0 Å². The molecule has 0 aliphatic rings. The molecule has 10 heavy (non-hydrogen) atoms. The molecule has 0 aromatic heterocycles. The van der Waals surface area contributed by atoms with E-state index in [1.807, 2.05) is 0 Å². The van der Waals surface area contributed by atoms with Crippen molar-refractivity contribution in [2.45, 2.75) is 18.8 Å². The SMILES string of the molecule is CC(O)C(O)(O)C(=O)O.[Zr]. The third kappa shape index (κ3) is 2.88. The minimum atomic E-state index is -3.03. The first kappa shape index (κ1) is 12.9. The zero-order chi connectivity index (χ0) is 7.65. The molecule has 0 aliphatic carbocycles. The summed E-state index contributed by atoms with van der Waals surface area (Å²) in [4.78, 5) is 9.80. The molecule has 0 aromatic carbocycles. The Labute approximate surface area is 76.4 Å². The van der Waals surface area contributed by atoms with Crippen LogP contribution in [0, 0.1) is 0 Å². The van der Waals surface area contributed by atoms with Crippen molar-refractivity contribution in [3.05, 3.63) is 0 Å². The van der Waals surface area contributed by atoms with Crippen LogP contribution in [0.3, 0.4) is 0 Å². The van der Waals surface area contributed by atoms with E-state index in [1.165, 1.54) is 0 Å². The smallest absolute Gasteiger partial charge is 0.366 e. The van der Waals surface area contributed by atoms with Crippen molar-refractivity contribution in [2.24, 2.45) is 0 Å². The van der Waals surface area contributed by atoms with E-state index in [2.05, 4.69) is 0 Å². The van der Waals surface area contributed by atoms with Gasteiger partial charge in [-0.2, -0.15) is 0 Å². The fraction of sp³-hybridized carbons (Fsp3) is 0.750. The average molecular weight is 227 g/mol. The van der Waals surface area contributed by atoms with E-state index in [9.17, 15) is 4.79 Å². The summed E-state index contributed by atoms with van der Waals surface area (Å²) in [6.45, 7) is 0.966. The molecule has 58 valence electrons. The van der Waals surface area contributed by atoms with Gasteiger partial charge in [0.15, 0.2) is 0 Å². The van der Waals surface area contributed by atoms with E-state index in [1.54, 1.807) is 0 Å². The number of carboxylic acids is 1. The summed E-state index contributed by atoms with van der Waals surface area (Å²) >= 11 is 0. The monoisotopic (exact) mass is 226 g/mol. The van der Waals surface area contributed by atoms with Crippen molar-refractivity contribution >= 4 is 5.97 Å². The summed E-state index contributed by atoms with van der Waals surface area (Å²) in [5.41, 5.74) is 0. The van der Waals surface area contributed by atoms with Crippen molar-refractivity contribution in [3.8, 4) is 0 Å². The van der Waals surface area contributed by atoms with E-state index < -0.39 is 17.9 Å². The number of aliphatic carboxylic acids is 1. The molecule has 6 heteroatoms. The van der Waals surface area contributed by atoms with Gasteiger partial charge in [0.1, 0.15) is 6.10 Å². The Kier molecular flexibility index (Phi) is 5.38. The number of aliphatic hydroxyl groups is 3. The summed E-state index contributed by atoms with van der Waals surface area (Å²) in [7, 11) is 0. The second-order valence-corrected chi connectivity index (χ2v) is 1.71. The van der Waals surface area contributed by atoms with Crippen LogP contribution in [-0.2, 0) is 31.0 Å². The van der Waals surface area contributed by atoms with Crippen LogP contribution < -0.4 is 0 Å². The molecule has 4 N–H and O–H groups in total. The van der Waals surface area contributed by atoms with Crippen molar-refractivity contribution in [3.63, 3.8) is 0 Å². The number of aliphatic hydroxyl groups excluding tert-OH is 1. The molecule has 0 spiro atoms. The maximum Gasteiger partial charge on any atom is 0.366 e.